The molecule has 1 aliphatic heterocycles. The second-order valence-corrected chi connectivity index (χ2v) is 7.39. The standard InChI is InChI=1S/C13H29N3O3S/c1-4-8-14-9-5-10-15(2)20(17,18)16(3)13-6-11-19-12-7-13/h13-14H,4-12H2,1-3H3. The molecule has 1 heterocycles. The fraction of sp³-hybridized carbons (Fsp3) is 1.00. The Labute approximate surface area is 123 Å². The highest BCUT2D eigenvalue weighted by atomic mass is 32.2. The summed E-state index contributed by atoms with van der Waals surface area (Å²) in [6.45, 7) is 5.80. The van der Waals surface area contributed by atoms with Crippen LogP contribution in [0.5, 0.6) is 0 Å². The summed E-state index contributed by atoms with van der Waals surface area (Å²) in [7, 11) is -0.0126. The third-order valence-corrected chi connectivity index (χ3v) is 5.71. The van der Waals surface area contributed by atoms with Crippen LogP contribution < -0.4 is 5.32 Å². The molecule has 0 bridgehead atoms. The summed E-state index contributed by atoms with van der Waals surface area (Å²) >= 11 is 0. The van der Waals surface area contributed by atoms with E-state index in [4.69, 9.17) is 4.74 Å². The summed E-state index contributed by atoms with van der Waals surface area (Å²) in [5.74, 6) is 0. The topological polar surface area (TPSA) is 61.9 Å². The first-order valence-corrected chi connectivity index (χ1v) is 8.87. The van der Waals surface area contributed by atoms with Crippen molar-refractivity contribution in [2.24, 2.45) is 0 Å². The molecule has 0 aromatic carbocycles. The number of ether oxygens (including phenoxy) is 1. The minimum atomic E-state index is -3.35. The minimum absolute atomic E-state index is 0.0643. The molecule has 1 N–H and O–H groups in total. The highest BCUT2D eigenvalue weighted by Gasteiger charge is 2.30. The van der Waals surface area contributed by atoms with E-state index in [1.807, 2.05) is 0 Å². The Morgan fingerprint density at radius 2 is 1.85 bits per heavy atom. The van der Waals surface area contributed by atoms with Gasteiger partial charge in [-0.15, -0.1) is 0 Å². The van der Waals surface area contributed by atoms with E-state index in [-0.39, 0.29) is 6.04 Å². The van der Waals surface area contributed by atoms with E-state index in [1.165, 1.54) is 8.61 Å². The Morgan fingerprint density at radius 3 is 2.45 bits per heavy atom. The molecular weight excluding hydrogens is 278 g/mol. The van der Waals surface area contributed by atoms with Crippen LogP contribution in [0.25, 0.3) is 0 Å². The van der Waals surface area contributed by atoms with Gasteiger partial charge in [0, 0.05) is 39.9 Å². The van der Waals surface area contributed by atoms with E-state index in [0.717, 1.165) is 38.8 Å². The summed E-state index contributed by atoms with van der Waals surface area (Å²) in [6.07, 6.45) is 3.49. The molecule has 0 unspecified atom stereocenters. The van der Waals surface area contributed by atoms with Crippen LogP contribution in [-0.2, 0) is 14.9 Å². The lowest BCUT2D eigenvalue weighted by molar-refractivity contribution is 0.0620. The fourth-order valence-electron chi connectivity index (χ4n) is 2.30. The van der Waals surface area contributed by atoms with Crippen LogP contribution in [-0.4, -0.2) is 70.0 Å². The molecule has 0 aromatic heterocycles. The van der Waals surface area contributed by atoms with Crippen molar-refractivity contribution in [3.05, 3.63) is 0 Å². The molecule has 6 nitrogen and oxygen atoms in total. The maximum atomic E-state index is 12.4. The zero-order chi connectivity index (χ0) is 15.0. The smallest absolute Gasteiger partial charge is 0.281 e. The van der Waals surface area contributed by atoms with Crippen molar-refractivity contribution in [2.75, 3.05) is 46.9 Å². The Balaban J connectivity index is 2.40. The van der Waals surface area contributed by atoms with Crippen molar-refractivity contribution in [1.29, 1.82) is 0 Å². The predicted molar refractivity (Wildman–Crippen MR) is 80.9 cm³/mol. The lowest BCUT2D eigenvalue weighted by Crippen LogP contribution is -2.47. The van der Waals surface area contributed by atoms with Gasteiger partial charge in [-0.2, -0.15) is 17.0 Å². The first kappa shape index (κ1) is 17.8. The number of rotatable bonds is 9. The van der Waals surface area contributed by atoms with Gasteiger partial charge in [0.2, 0.25) is 0 Å². The fourth-order valence-corrected chi connectivity index (χ4v) is 3.69. The summed E-state index contributed by atoms with van der Waals surface area (Å²) in [5, 5.41) is 3.28. The van der Waals surface area contributed by atoms with Gasteiger partial charge < -0.3 is 10.1 Å². The van der Waals surface area contributed by atoms with Gasteiger partial charge in [-0.25, -0.2) is 0 Å². The SMILES string of the molecule is CCCNCCCN(C)S(=O)(=O)N(C)C1CCOCC1. The van der Waals surface area contributed by atoms with Crippen molar-refractivity contribution in [3.8, 4) is 0 Å². The minimum Gasteiger partial charge on any atom is -0.381 e. The lowest BCUT2D eigenvalue weighted by atomic mass is 10.1. The number of nitrogens with one attached hydrogen (secondary N) is 1. The van der Waals surface area contributed by atoms with Gasteiger partial charge in [0.05, 0.1) is 0 Å². The molecule has 120 valence electrons. The second kappa shape index (κ2) is 8.94. The quantitative estimate of drug-likeness (QED) is 0.636. The van der Waals surface area contributed by atoms with Crippen molar-refractivity contribution >= 4 is 10.2 Å². The van der Waals surface area contributed by atoms with Crippen molar-refractivity contribution in [2.45, 2.75) is 38.6 Å². The van der Waals surface area contributed by atoms with Crippen LogP contribution >= 0.6 is 0 Å². The Bertz CT molecular complexity index is 356. The van der Waals surface area contributed by atoms with Crippen molar-refractivity contribution < 1.29 is 13.2 Å². The maximum Gasteiger partial charge on any atom is 0.281 e. The average molecular weight is 307 g/mol. The van der Waals surface area contributed by atoms with Gasteiger partial charge in [0.1, 0.15) is 0 Å². The van der Waals surface area contributed by atoms with E-state index in [1.54, 1.807) is 14.1 Å². The van der Waals surface area contributed by atoms with Crippen LogP contribution in [0, 0.1) is 0 Å². The highest BCUT2D eigenvalue weighted by molar-refractivity contribution is 7.86. The molecule has 1 rings (SSSR count). The first-order valence-electron chi connectivity index (χ1n) is 7.48. The van der Waals surface area contributed by atoms with E-state index in [9.17, 15) is 8.42 Å². The van der Waals surface area contributed by atoms with E-state index < -0.39 is 10.2 Å². The molecule has 1 aliphatic rings. The normalized spacial score (nSPS) is 18.1. The zero-order valence-electron chi connectivity index (χ0n) is 13.0. The first-order chi connectivity index (χ1) is 9.50. The maximum absolute atomic E-state index is 12.4. The van der Waals surface area contributed by atoms with Gasteiger partial charge in [-0.3, -0.25) is 0 Å². The zero-order valence-corrected chi connectivity index (χ0v) is 13.8. The summed E-state index contributed by atoms with van der Waals surface area (Å²) in [4.78, 5) is 0. The molecule has 0 amide bonds. The molecular formula is C13H29N3O3S. The molecule has 0 saturated carbocycles. The third-order valence-electron chi connectivity index (χ3n) is 3.72. The van der Waals surface area contributed by atoms with Crippen LogP contribution in [0.15, 0.2) is 0 Å². The monoisotopic (exact) mass is 307 g/mol. The average Bonchev–Trinajstić information content (AvgIpc) is 2.46. The number of hydrogen-bond acceptors (Lipinski definition) is 4. The number of hydrogen-bond donors (Lipinski definition) is 1. The Morgan fingerprint density at radius 1 is 1.20 bits per heavy atom. The summed E-state index contributed by atoms with van der Waals surface area (Å²) in [6, 6.07) is 0.0643. The van der Waals surface area contributed by atoms with Gasteiger partial charge >= 0.3 is 0 Å². The van der Waals surface area contributed by atoms with E-state index in [2.05, 4.69) is 12.2 Å². The molecule has 0 aromatic rings. The molecule has 20 heavy (non-hydrogen) atoms. The Hall–Kier alpha value is -0.210. The van der Waals surface area contributed by atoms with Crippen molar-refractivity contribution in [1.82, 2.24) is 13.9 Å². The van der Waals surface area contributed by atoms with Gasteiger partial charge in [0.15, 0.2) is 0 Å². The molecule has 7 heteroatoms. The molecule has 0 spiro atoms. The van der Waals surface area contributed by atoms with Crippen LogP contribution in [0.2, 0.25) is 0 Å². The van der Waals surface area contributed by atoms with Crippen LogP contribution in [0.4, 0.5) is 0 Å². The molecule has 0 aliphatic carbocycles. The largest absolute Gasteiger partial charge is 0.381 e. The molecule has 0 atom stereocenters. The van der Waals surface area contributed by atoms with Crippen molar-refractivity contribution in [3.63, 3.8) is 0 Å². The summed E-state index contributed by atoms with van der Waals surface area (Å²) < 4.78 is 33.1. The molecule has 1 saturated heterocycles. The van der Waals surface area contributed by atoms with Gasteiger partial charge in [-0.1, -0.05) is 6.92 Å². The Kier molecular flexibility index (Phi) is 7.98. The predicted octanol–water partition coefficient (Wildman–Crippen LogP) is 0.664. The van der Waals surface area contributed by atoms with Gasteiger partial charge in [0.25, 0.3) is 10.2 Å². The van der Waals surface area contributed by atoms with E-state index >= 15 is 0 Å². The highest BCUT2D eigenvalue weighted by Crippen LogP contribution is 2.17. The molecule has 1 fully saturated rings. The van der Waals surface area contributed by atoms with Crippen LogP contribution in [0.1, 0.15) is 32.6 Å². The van der Waals surface area contributed by atoms with Crippen LogP contribution in [0.3, 0.4) is 0 Å². The number of nitrogens with zero attached hydrogens (tertiary/aromatic N) is 2. The lowest BCUT2D eigenvalue weighted by Gasteiger charge is -2.33. The summed E-state index contributed by atoms with van der Waals surface area (Å²) in [5.41, 5.74) is 0. The van der Waals surface area contributed by atoms with E-state index in [0.29, 0.717) is 19.8 Å². The molecule has 0 radical (unpaired) electrons. The van der Waals surface area contributed by atoms with Gasteiger partial charge in [-0.05, 0) is 38.8 Å². The second-order valence-electron chi connectivity index (χ2n) is 5.29. The third kappa shape index (κ3) is 5.29.